The van der Waals surface area contributed by atoms with E-state index in [4.69, 9.17) is 9.84 Å². The average molecular weight is 326 g/mol. The maximum Gasteiger partial charge on any atom is 0.335 e. The minimum atomic E-state index is -1.39. The van der Waals surface area contributed by atoms with E-state index in [0.29, 0.717) is 13.0 Å². The van der Waals surface area contributed by atoms with E-state index in [-0.39, 0.29) is 17.2 Å². The molecule has 0 fully saturated rings. The summed E-state index contributed by atoms with van der Waals surface area (Å²) in [5.41, 5.74) is 0.913. The molecule has 1 aromatic carbocycles. The van der Waals surface area contributed by atoms with Gasteiger partial charge in [-0.1, -0.05) is 32.9 Å². The third-order valence-corrected chi connectivity index (χ3v) is 4.80. The third kappa shape index (κ3) is 5.60. The zero-order valence-corrected chi connectivity index (χ0v) is 13.9. The first-order valence-electron chi connectivity index (χ1n) is 7.21. The number of carboxylic acids is 1. The van der Waals surface area contributed by atoms with Crippen LogP contribution in [-0.4, -0.2) is 33.1 Å². The largest absolute Gasteiger partial charge is 0.478 e. The molecule has 0 aliphatic carbocycles. The Bertz CT molecular complexity index is 536. The van der Waals surface area contributed by atoms with Gasteiger partial charge in [0.25, 0.3) is 0 Å². The molecule has 0 aromatic heterocycles. The van der Waals surface area contributed by atoms with E-state index in [1.54, 1.807) is 19.1 Å². The number of ether oxygens (including phenoxy) is 1. The molecule has 1 aromatic rings. The van der Waals surface area contributed by atoms with Gasteiger partial charge in [0.2, 0.25) is 0 Å². The summed E-state index contributed by atoms with van der Waals surface area (Å²) < 4.78 is 17.5. The molecule has 0 amide bonds. The summed E-state index contributed by atoms with van der Waals surface area (Å²) in [5, 5.41) is 8.18. The Morgan fingerprint density at radius 1 is 1.23 bits per heavy atom. The second kappa shape index (κ2) is 8.68. The van der Waals surface area contributed by atoms with Crippen molar-refractivity contribution in [3.05, 3.63) is 35.4 Å². The molecule has 22 heavy (non-hydrogen) atoms. The van der Waals surface area contributed by atoms with Crippen LogP contribution in [0.15, 0.2) is 24.3 Å². The van der Waals surface area contributed by atoms with Crippen LogP contribution in [0.2, 0.25) is 0 Å². The Morgan fingerprint density at radius 2 is 1.82 bits per heavy atom. The molecule has 0 heterocycles. The molecule has 0 spiro atoms. The Morgan fingerprint density at radius 3 is 2.27 bits per heavy atom. The second-order valence-corrected chi connectivity index (χ2v) is 7.07. The van der Waals surface area contributed by atoms with Crippen LogP contribution in [0, 0.1) is 5.92 Å². The van der Waals surface area contributed by atoms with Gasteiger partial charge in [-0.2, -0.15) is 0 Å². The number of benzene rings is 1. The molecule has 0 radical (unpaired) electrons. The molecule has 0 saturated heterocycles. The number of carbonyl (C=O) groups is 2. The highest BCUT2D eigenvalue weighted by Crippen LogP contribution is 2.13. The van der Waals surface area contributed by atoms with Crippen molar-refractivity contribution in [3.63, 3.8) is 0 Å². The highest BCUT2D eigenvalue weighted by Gasteiger charge is 2.25. The van der Waals surface area contributed by atoms with E-state index in [2.05, 4.69) is 0 Å². The van der Waals surface area contributed by atoms with E-state index in [0.717, 1.165) is 5.56 Å². The van der Waals surface area contributed by atoms with Gasteiger partial charge in [-0.15, -0.1) is 0 Å². The Labute approximate surface area is 133 Å². The number of hydrogen-bond donors (Lipinski definition) is 1. The molecule has 2 atom stereocenters. The van der Waals surface area contributed by atoms with Gasteiger partial charge in [0.1, 0.15) is 5.25 Å². The van der Waals surface area contributed by atoms with Gasteiger partial charge in [-0.25, -0.2) is 4.79 Å². The van der Waals surface area contributed by atoms with Gasteiger partial charge in [-0.3, -0.25) is 9.00 Å². The van der Waals surface area contributed by atoms with Crippen LogP contribution in [0.25, 0.3) is 0 Å². The summed E-state index contributed by atoms with van der Waals surface area (Å²) in [7, 11) is -1.39. The second-order valence-electron chi connectivity index (χ2n) is 5.45. The number of carbonyl (C=O) groups excluding carboxylic acids is 1. The van der Waals surface area contributed by atoms with Gasteiger partial charge < -0.3 is 9.84 Å². The first-order chi connectivity index (χ1) is 10.3. The van der Waals surface area contributed by atoms with Crippen molar-refractivity contribution in [1.29, 1.82) is 0 Å². The van der Waals surface area contributed by atoms with Gasteiger partial charge in [0.05, 0.1) is 12.2 Å². The minimum Gasteiger partial charge on any atom is -0.478 e. The fourth-order valence-corrected chi connectivity index (χ4v) is 3.19. The number of carboxylic acid groups (broad SMARTS) is 1. The molecule has 6 heteroatoms. The van der Waals surface area contributed by atoms with Crippen molar-refractivity contribution in [3.8, 4) is 0 Å². The summed E-state index contributed by atoms with van der Waals surface area (Å²) >= 11 is 0. The predicted molar refractivity (Wildman–Crippen MR) is 85.1 cm³/mol. The Balaban J connectivity index is 2.68. The number of hydrogen-bond acceptors (Lipinski definition) is 4. The molecule has 0 aliphatic rings. The highest BCUT2D eigenvalue weighted by molar-refractivity contribution is 7.85. The summed E-state index contributed by atoms with van der Waals surface area (Å²) in [6.07, 6.45) is 0.441. The molecule has 122 valence electrons. The molecular weight excluding hydrogens is 304 g/mol. The van der Waals surface area contributed by atoms with Crippen molar-refractivity contribution in [1.82, 2.24) is 0 Å². The molecule has 1 rings (SSSR count). The van der Waals surface area contributed by atoms with E-state index >= 15 is 0 Å². The van der Waals surface area contributed by atoms with Crippen molar-refractivity contribution >= 4 is 22.7 Å². The van der Waals surface area contributed by atoms with Crippen LogP contribution in [-0.2, 0) is 26.1 Å². The van der Waals surface area contributed by atoms with Gasteiger partial charge in [-0.05, 0) is 30.0 Å². The van der Waals surface area contributed by atoms with Crippen LogP contribution >= 0.6 is 0 Å². The SMILES string of the molecule is CCC(C(=O)OCC(C)C)S(=O)Cc1ccc(C(=O)O)cc1. The maximum atomic E-state index is 12.3. The van der Waals surface area contributed by atoms with Gasteiger partial charge >= 0.3 is 11.9 Å². The molecule has 0 aliphatic heterocycles. The van der Waals surface area contributed by atoms with Crippen LogP contribution < -0.4 is 0 Å². The normalized spacial score (nSPS) is 13.6. The molecule has 5 nitrogen and oxygen atoms in total. The zero-order valence-electron chi connectivity index (χ0n) is 13.1. The number of rotatable bonds is 8. The lowest BCUT2D eigenvalue weighted by Crippen LogP contribution is -2.29. The third-order valence-electron chi connectivity index (χ3n) is 3.02. The lowest BCUT2D eigenvalue weighted by molar-refractivity contribution is -0.144. The first-order valence-corrected chi connectivity index (χ1v) is 8.59. The van der Waals surface area contributed by atoms with E-state index in [1.807, 2.05) is 13.8 Å². The maximum absolute atomic E-state index is 12.3. The standard InChI is InChI=1S/C16H22O5S/c1-4-14(16(19)21-9-11(2)3)22(20)10-12-5-7-13(8-6-12)15(17)18/h5-8,11,14H,4,9-10H2,1-3H3,(H,17,18). The quantitative estimate of drug-likeness (QED) is 0.743. The van der Waals surface area contributed by atoms with E-state index < -0.39 is 28.0 Å². The summed E-state index contributed by atoms with van der Waals surface area (Å²) in [6.45, 7) is 6.00. The van der Waals surface area contributed by atoms with E-state index in [1.165, 1.54) is 12.1 Å². The van der Waals surface area contributed by atoms with Crippen molar-refractivity contribution in [2.24, 2.45) is 5.92 Å². The lowest BCUT2D eigenvalue weighted by atomic mass is 10.1. The zero-order chi connectivity index (χ0) is 16.7. The van der Waals surface area contributed by atoms with Crippen molar-refractivity contribution < 1.29 is 23.6 Å². The fraction of sp³-hybridized carbons (Fsp3) is 0.500. The first kappa shape index (κ1) is 18.4. The Hall–Kier alpha value is -1.69. The van der Waals surface area contributed by atoms with Crippen LogP contribution in [0.3, 0.4) is 0 Å². The molecule has 1 N–H and O–H groups in total. The monoisotopic (exact) mass is 326 g/mol. The Kier molecular flexibility index (Phi) is 7.24. The van der Waals surface area contributed by atoms with Crippen molar-refractivity contribution in [2.75, 3.05) is 6.61 Å². The van der Waals surface area contributed by atoms with Crippen LogP contribution in [0.1, 0.15) is 43.1 Å². The minimum absolute atomic E-state index is 0.179. The van der Waals surface area contributed by atoms with E-state index in [9.17, 15) is 13.8 Å². The van der Waals surface area contributed by atoms with Crippen molar-refractivity contribution in [2.45, 2.75) is 38.2 Å². The van der Waals surface area contributed by atoms with Crippen LogP contribution in [0.4, 0.5) is 0 Å². The number of aromatic carboxylic acids is 1. The topological polar surface area (TPSA) is 80.7 Å². The van der Waals surface area contributed by atoms with Gasteiger partial charge in [0.15, 0.2) is 0 Å². The summed E-state index contributed by atoms with van der Waals surface area (Å²) in [6, 6.07) is 6.17. The smallest absolute Gasteiger partial charge is 0.335 e. The summed E-state index contributed by atoms with van der Waals surface area (Å²) in [5.74, 6) is -0.999. The summed E-state index contributed by atoms with van der Waals surface area (Å²) in [4.78, 5) is 22.7. The van der Waals surface area contributed by atoms with Gasteiger partial charge in [0, 0.05) is 16.6 Å². The molecule has 0 saturated carbocycles. The van der Waals surface area contributed by atoms with Crippen LogP contribution in [0.5, 0.6) is 0 Å². The highest BCUT2D eigenvalue weighted by atomic mass is 32.2. The molecule has 2 unspecified atom stereocenters. The lowest BCUT2D eigenvalue weighted by Gasteiger charge is -2.15. The fourth-order valence-electron chi connectivity index (χ4n) is 1.81. The molecule has 0 bridgehead atoms. The number of esters is 1. The molecular formula is C16H22O5S. The average Bonchev–Trinajstić information content (AvgIpc) is 2.46. The predicted octanol–water partition coefficient (Wildman–Crippen LogP) is 2.61.